The monoisotopic (exact) mass is 218 g/mol. The second kappa shape index (κ2) is 4.14. The van der Waals surface area contributed by atoms with Crippen LogP contribution in [0.5, 0.6) is 0 Å². The predicted octanol–water partition coefficient (Wildman–Crippen LogP) is 0.402. The second-order valence-corrected chi connectivity index (χ2v) is 3.56. The molecule has 1 saturated heterocycles. The average Bonchev–Trinajstić information content (AvgIpc) is 2.78. The molecule has 1 aliphatic rings. The summed E-state index contributed by atoms with van der Waals surface area (Å²) in [6.45, 7) is 0.664. The van der Waals surface area contributed by atoms with Crippen molar-refractivity contribution >= 4 is 11.8 Å². The van der Waals surface area contributed by atoms with Gasteiger partial charge in [0.05, 0.1) is 12.4 Å². The molecule has 1 N–H and O–H groups in total. The van der Waals surface area contributed by atoms with E-state index in [1.165, 1.54) is 12.4 Å². The zero-order valence-corrected chi connectivity index (χ0v) is 8.50. The van der Waals surface area contributed by atoms with Gasteiger partial charge in [-0.15, -0.1) is 0 Å². The number of anilines is 1. The van der Waals surface area contributed by atoms with Crippen molar-refractivity contribution in [1.82, 2.24) is 9.97 Å². The third kappa shape index (κ3) is 1.80. The molecule has 1 aromatic heterocycles. The van der Waals surface area contributed by atoms with E-state index in [-0.39, 0.29) is 5.69 Å². The molecule has 0 bridgehead atoms. The van der Waals surface area contributed by atoms with Crippen LogP contribution in [-0.4, -0.2) is 33.6 Å². The molecular formula is C10H10N4O2. The number of nitriles is 1. The normalized spacial score (nSPS) is 19.4. The molecule has 2 rings (SSSR count). The summed E-state index contributed by atoms with van der Waals surface area (Å²) in [7, 11) is 0. The number of hydrogen-bond acceptors (Lipinski definition) is 5. The van der Waals surface area contributed by atoms with Gasteiger partial charge in [-0.1, -0.05) is 0 Å². The van der Waals surface area contributed by atoms with Crippen LogP contribution in [0.4, 0.5) is 5.82 Å². The molecule has 1 aliphatic heterocycles. The van der Waals surface area contributed by atoms with E-state index in [1.54, 1.807) is 4.90 Å². The van der Waals surface area contributed by atoms with E-state index in [0.29, 0.717) is 18.8 Å². The number of aromatic nitrogens is 2. The zero-order valence-electron chi connectivity index (χ0n) is 8.50. The highest BCUT2D eigenvalue weighted by molar-refractivity contribution is 5.78. The first-order valence-electron chi connectivity index (χ1n) is 4.94. The lowest BCUT2D eigenvalue weighted by molar-refractivity contribution is -0.138. The molecule has 82 valence electrons. The van der Waals surface area contributed by atoms with Gasteiger partial charge in [0.15, 0.2) is 5.69 Å². The van der Waals surface area contributed by atoms with Crippen LogP contribution in [0.25, 0.3) is 0 Å². The summed E-state index contributed by atoms with van der Waals surface area (Å²) in [5.41, 5.74) is 0.231. The summed E-state index contributed by atoms with van der Waals surface area (Å²) < 4.78 is 0. The maximum Gasteiger partial charge on any atom is 0.326 e. The molecule has 2 heterocycles. The largest absolute Gasteiger partial charge is 0.480 e. The van der Waals surface area contributed by atoms with Crippen molar-refractivity contribution in [2.45, 2.75) is 18.9 Å². The smallest absolute Gasteiger partial charge is 0.326 e. The van der Waals surface area contributed by atoms with Crippen LogP contribution >= 0.6 is 0 Å². The number of rotatable bonds is 2. The van der Waals surface area contributed by atoms with Gasteiger partial charge in [0, 0.05) is 6.54 Å². The molecule has 1 atom stereocenters. The Labute approximate surface area is 92.2 Å². The van der Waals surface area contributed by atoms with Crippen LogP contribution in [0.1, 0.15) is 18.5 Å². The molecule has 0 spiro atoms. The lowest BCUT2D eigenvalue weighted by Gasteiger charge is -2.21. The number of nitrogens with zero attached hydrogens (tertiary/aromatic N) is 4. The van der Waals surface area contributed by atoms with Gasteiger partial charge < -0.3 is 10.0 Å². The molecule has 0 radical (unpaired) electrons. The summed E-state index contributed by atoms with van der Waals surface area (Å²) in [5, 5.41) is 17.6. The number of carboxylic acid groups (broad SMARTS) is 1. The van der Waals surface area contributed by atoms with Gasteiger partial charge in [-0.2, -0.15) is 5.26 Å². The third-order valence-electron chi connectivity index (χ3n) is 2.58. The fraction of sp³-hybridized carbons (Fsp3) is 0.400. The van der Waals surface area contributed by atoms with E-state index in [1.807, 2.05) is 6.07 Å². The quantitative estimate of drug-likeness (QED) is 0.772. The molecule has 1 fully saturated rings. The highest BCUT2D eigenvalue weighted by Crippen LogP contribution is 2.23. The van der Waals surface area contributed by atoms with Crippen molar-refractivity contribution in [2.75, 3.05) is 11.4 Å². The van der Waals surface area contributed by atoms with E-state index in [4.69, 9.17) is 10.4 Å². The summed E-state index contributed by atoms with van der Waals surface area (Å²) in [5.74, 6) is -0.326. The van der Waals surface area contributed by atoms with Crippen LogP contribution in [-0.2, 0) is 4.79 Å². The Hall–Kier alpha value is -2.16. The second-order valence-electron chi connectivity index (χ2n) is 3.56. The lowest BCUT2D eigenvalue weighted by atomic mass is 10.2. The Morgan fingerprint density at radius 1 is 1.56 bits per heavy atom. The van der Waals surface area contributed by atoms with Crippen molar-refractivity contribution < 1.29 is 9.90 Å². The van der Waals surface area contributed by atoms with E-state index >= 15 is 0 Å². The van der Waals surface area contributed by atoms with Crippen molar-refractivity contribution in [2.24, 2.45) is 0 Å². The summed E-state index contributed by atoms with van der Waals surface area (Å²) in [6.07, 6.45) is 4.25. The maximum atomic E-state index is 11.0. The molecule has 16 heavy (non-hydrogen) atoms. The first-order valence-corrected chi connectivity index (χ1v) is 4.94. The molecule has 0 amide bonds. The van der Waals surface area contributed by atoms with E-state index < -0.39 is 12.0 Å². The summed E-state index contributed by atoms with van der Waals surface area (Å²) >= 11 is 0. The predicted molar refractivity (Wildman–Crippen MR) is 54.8 cm³/mol. The SMILES string of the molecule is N#Cc1cnc(N2CCCC2C(=O)O)cn1. The number of carbonyl (C=O) groups is 1. The highest BCUT2D eigenvalue weighted by Gasteiger charge is 2.31. The Morgan fingerprint density at radius 2 is 2.38 bits per heavy atom. The molecule has 1 aromatic rings. The van der Waals surface area contributed by atoms with Crippen LogP contribution in [0.2, 0.25) is 0 Å². The average molecular weight is 218 g/mol. The molecule has 6 heteroatoms. The molecular weight excluding hydrogens is 208 g/mol. The summed E-state index contributed by atoms with van der Waals surface area (Å²) in [4.78, 5) is 20.6. The van der Waals surface area contributed by atoms with Crippen molar-refractivity contribution in [3.63, 3.8) is 0 Å². The van der Waals surface area contributed by atoms with Crippen molar-refractivity contribution in [1.29, 1.82) is 5.26 Å². The fourth-order valence-electron chi connectivity index (χ4n) is 1.82. The fourth-order valence-corrected chi connectivity index (χ4v) is 1.82. The van der Waals surface area contributed by atoms with Crippen molar-refractivity contribution in [3.05, 3.63) is 18.1 Å². The summed E-state index contributed by atoms with van der Waals surface area (Å²) in [6, 6.07) is 1.34. The minimum Gasteiger partial charge on any atom is -0.480 e. The van der Waals surface area contributed by atoms with Crippen LogP contribution < -0.4 is 4.90 Å². The lowest BCUT2D eigenvalue weighted by Crippen LogP contribution is -2.36. The number of aliphatic carboxylic acids is 1. The van der Waals surface area contributed by atoms with Gasteiger partial charge in [-0.05, 0) is 12.8 Å². The van der Waals surface area contributed by atoms with Gasteiger partial charge in [0.1, 0.15) is 17.9 Å². The first-order chi connectivity index (χ1) is 7.72. The van der Waals surface area contributed by atoms with E-state index in [0.717, 1.165) is 6.42 Å². The molecule has 0 aromatic carbocycles. The first kappa shape index (κ1) is 10.4. The third-order valence-corrected chi connectivity index (χ3v) is 2.58. The maximum absolute atomic E-state index is 11.0. The van der Waals surface area contributed by atoms with Gasteiger partial charge in [0.2, 0.25) is 0 Å². The Morgan fingerprint density at radius 3 is 2.94 bits per heavy atom. The minimum atomic E-state index is -0.844. The standard InChI is InChI=1S/C10H10N4O2/c11-4-7-5-13-9(6-12-7)14-3-1-2-8(14)10(15)16/h5-6,8H,1-3H2,(H,15,16). The Kier molecular flexibility index (Phi) is 2.68. The minimum absolute atomic E-state index is 0.231. The number of hydrogen-bond donors (Lipinski definition) is 1. The molecule has 6 nitrogen and oxygen atoms in total. The topological polar surface area (TPSA) is 90.1 Å². The molecule has 0 aliphatic carbocycles. The van der Waals surface area contributed by atoms with Crippen LogP contribution in [0.3, 0.4) is 0 Å². The van der Waals surface area contributed by atoms with E-state index in [2.05, 4.69) is 9.97 Å². The Bertz CT molecular complexity index is 437. The zero-order chi connectivity index (χ0) is 11.5. The van der Waals surface area contributed by atoms with Gasteiger partial charge >= 0.3 is 5.97 Å². The highest BCUT2D eigenvalue weighted by atomic mass is 16.4. The Balaban J connectivity index is 2.23. The van der Waals surface area contributed by atoms with Gasteiger partial charge in [-0.3, -0.25) is 0 Å². The van der Waals surface area contributed by atoms with Gasteiger partial charge in [0.25, 0.3) is 0 Å². The molecule has 0 saturated carbocycles. The van der Waals surface area contributed by atoms with Crippen LogP contribution in [0, 0.1) is 11.3 Å². The van der Waals surface area contributed by atoms with Crippen molar-refractivity contribution in [3.8, 4) is 6.07 Å². The number of carboxylic acids is 1. The van der Waals surface area contributed by atoms with Gasteiger partial charge in [-0.25, -0.2) is 14.8 Å². The molecule has 1 unspecified atom stereocenters. The van der Waals surface area contributed by atoms with Crippen LogP contribution in [0.15, 0.2) is 12.4 Å². The van der Waals surface area contributed by atoms with E-state index in [9.17, 15) is 4.79 Å².